The molecule has 0 bridgehead atoms. The molecule has 0 saturated heterocycles. The number of primary amides is 1. The van der Waals surface area contributed by atoms with Gasteiger partial charge in [0.25, 0.3) is 0 Å². The second-order valence-electron chi connectivity index (χ2n) is 5.04. The molecule has 1 aliphatic carbocycles. The van der Waals surface area contributed by atoms with E-state index in [2.05, 4.69) is 17.5 Å². The summed E-state index contributed by atoms with van der Waals surface area (Å²) >= 11 is 0. The van der Waals surface area contributed by atoms with Gasteiger partial charge in [0.2, 0.25) is 11.8 Å². The molecule has 0 heterocycles. The minimum atomic E-state index is -0.550. The Morgan fingerprint density at radius 2 is 2.19 bits per heavy atom. The highest BCUT2D eigenvalue weighted by Gasteiger charge is 2.24. The van der Waals surface area contributed by atoms with E-state index in [-0.39, 0.29) is 12.3 Å². The number of amides is 2. The van der Waals surface area contributed by atoms with Gasteiger partial charge in [-0.05, 0) is 32.6 Å². The topological polar surface area (TPSA) is 72.2 Å². The first-order chi connectivity index (χ1) is 7.39. The fraction of sp³-hybridized carbons (Fsp3) is 0.667. The molecule has 0 spiro atoms. The Morgan fingerprint density at radius 3 is 2.69 bits per heavy atom. The van der Waals surface area contributed by atoms with E-state index in [1.165, 1.54) is 0 Å². The zero-order chi connectivity index (χ0) is 12.2. The summed E-state index contributed by atoms with van der Waals surface area (Å²) in [4.78, 5) is 22.5. The normalized spacial score (nSPS) is 19.8. The Labute approximate surface area is 96.3 Å². The summed E-state index contributed by atoms with van der Waals surface area (Å²) in [5, 5.41) is 2.84. The molecule has 2 amide bonds. The Kier molecular flexibility index (Phi) is 4.10. The molecule has 0 aromatic rings. The van der Waals surface area contributed by atoms with Crippen molar-refractivity contribution in [3.63, 3.8) is 0 Å². The molecule has 0 radical (unpaired) electrons. The van der Waals surface area contributed by atoms with E-state index in [1.807, 2.05) is 0 Å². The van der Waals surface area contributed by atoms with Crippen LogP contribution < -0.4 is 11.1 Å². The molecule has 1 aliphatic rings. The number of nitrogens with two attached hydrogens (primary N) is 1. The minimum absolute atomic E-state index is 0.0113. The molecule has 1 atom stereocenters. The van der Waals surface area contributed by atoms with Crippen molar-refractivity contribution in [2.75, 3.05) is 0 Å². The molecule has 16 heavy (non-hydrogen) atoms. The molecular formula is C12H20N2O2. The van der Waals surface area contributed by atoms with Crippen molar-refractivity contribution in [1.82, 2.24) is 5.32 Å². The average molecular weight is 224 g/mol. The predicted octanol–water partition coefficient (Wildman–Crippen LogP) is 1.11. The lowest BCUT2D eigenvalue weighted by molar-refractivity contribution is -0.124. The van der Waals surface area contributed by atoms with Crippen LogP contribution in [0.25, 0.3) is 0 Å². The lowest BCUT2D eigenvalue weighted by Gasteiger charge is -2.25. The largest absolute Gasteiger partial charge is 0.370 e. The lowest BCUT2D eigenvalue weighted by atomic mass is 9.98. The molecule has 0 saturated carbocycles. The van der Waals surface area contributed by atoms with E-state index in [9.17, 15) is 9.59 Å². The van der Waals surface area contributed by atoms with Crippen LogP contribution in [0.5, 0.6) is 0 Å². The number of allylic oxidation sites excluding steroid dienone is 2. The third kappa shape index (κ3) is 4.47. The van der Waals surface area contributed by atoms with Crippen LogP contribution in [0.15, 0.2) is 12.2 Å². The van der Waals surface area contributed by atoms with Gasteiger partial charge < -0.3 is 11.1 Å². The van der Waals surface area contributed by atoms with Gasteiger partial charge in [-0.3, -0.25) is 9.59 Å². The van der Waals surface area contributed by atoms with E-state index in [0.717, 1.165) is 12.8 Å². The molecule has 0 fully saturated rings. The van der Waals surface area contributed by atoms with Crippen molar-refractivity contribution >= 4 is 11.8 Å². The fourth-order valence-electron chi connectivity index (χ4n) is 2.01. The van der Waals surface area contributed by atoms with E-state index in [0.29, 0.717) is 12.3 Å². The van der Waals surface area contributed by atoms with Crippen molar-refractivity contribution in [2.45, 2.75) is 45.1 Å². The Hall–Kier alpha value is -1.32. The maximum Gasteiger partial charge on any atom is 0.221 e. The zero-order valence-corrected chi connectivity index (χ0v) is 9.95. The average Bonchev–Trinajstić information content (AvgIpc) is 2.51. The number of hydrogen-bond donors (Lipinski definition) is 2. The maximum atomic E-state index is 11.7. The van der Waals surface area contributed by atoms with Crippen LogP contribution in [0.1, 0.15) is 39.5 Å². The van der Waals surface area contributed by atoms with Crippen LogP contribution in [-0.2, 0) is 9.59 Å². The van der Waals surface area contributed by atoms with Gasteiger partial charge >= 0.3 is 0 Å². The Bertz CT molecular complexity index is 308. The van der Waals surface area contributed by atoms with E-state index >= 15 is 0 Å². The molecule has 0 aliphatic heterocycles. The van der Waals surface area contributed by atoms with Crippen molar-refractivity contribution < 1.29 is 9.59 Å². The van der Waals surface area contributed by atoms with Crippen LogP contribution in [-0.4, -0.2) is 17.4 Å². The molecule has 4 nitrogen and oxygen atoms in total. The van der Waals surface area contributed by atoms with Gasteiger partial charge in [-0.25, -0.2) is 0 Å². The first kappa shape index (κ1) is 12.7. The molecule has 3 N–H and O–H groups in total. The van der Waals surface area contributed by atoms with Gasteiger partial charge in [0.05, 0.1) is 0 Å². The molecular weight excluding hydrogens is 204 g/mol. The summed E-state index contributed by atoms with van der Waals surface area (Å²) in [5.41, 5.74) is 4.57. The Morgan fingerprint density at radius 1 is 1.50 bits per heavy atom. The van der Waals surface area contributed by atoms with Crippen molar-refractivity contribution in [2.24, 2.45) is 11.7 Å². The first-order valence-electron chi connectivity index (χ1n) is 5.65. The lowest BCUT2D eigenvalue weighted by Crippen LogP contribution is -2.46. The number of carbonyl (C=O) groups excluding carboxylic acids is 2. The van der Waals surface area contributed by atoms with Crippen molar-refractivity contribution in [3.05, 3.63) is 12.2 Å². The van der Waals surface area contributed by atoms with Gasteiger partial charge in [-0.2, -0.15) is 0 Å². The summed E-state index contributed by atoms with van der Waals surface area (Å²) in [5.74, 6) is -0.0572. The molecule has 1 rings (SSSR count). The van der Waals surface area contributed by atoms with Crippen LogP contribution in [0.2, 0.25) is 0 Å². The maximum absolute atomic E-state index is 11.7. The SMILES string of the molecule is CC(C)(CC(N)=O)NC(=O)C[C@@H]1C=CCC1. The highest BCUT2D eigenvalue weighted by molar-refractivity contribution is 5.80. The van der Waals surface area contributed by atoms with E-state index < -0.39 is 11.4 Å². The van der Waals surface area contributed by atoms with Gasteiger partial charge in [0.15, 0.2) is 0 Å². The van der Waals surface area contributed by atoms with Gasteiger partial charge in [-0.1, -0.05) is 12.2 Å². The van der Waals surface area contributed by atoms with E-state index in [1.54, 1.807) is 13.8 Å². The molecule has 0 unspecified atom stereocenters. The fourth-order valence-corrected chi connectivity index (χ4v) is 2.01. The van der Waals surface area contributed by atoms with Crippen LogP contribution in [0.4, 0.5) is 0 Å². The summed E-state index contributed by atoms with van der Waals surface area (Å²) in [6.45, 7) is 3.61. The van der Waals surface area contributed by atoms with E-state index in [4.69, 9.17) is 5.73 Å². The number of carbonyl (C=O) groups is 2. The summed E-state index contributed by atoms with van der Waals surface area (Å²) in [6, 6.07) is 0. The highest BCUT2D eigenvalue weighted by Crippen LogP contribution is 2.20. The second-order valence-corrected chi connectivity index (χ2v) is 5.04. The van der Waals surface area contributed by atoms with Crippen LogP contribution in [0.3, 0.4) is 0 Å². The smallest absolute Gasteiger partial charge is 0.221 e. The molecule has 90 valence electrons. The molecule has 0 aromatic heterocycles. The van der Waals surface area contributed by atoms with Gasteiger partial charge in [0, 0.05) is 18.4 Å². The van der Waals surface area contributed by atoms with Gasteiger partial charge in [0.1, 0.15) is 0 Å². The summed E-state index contributed by atoms with van der Waals surface area (Å²) < 4.78 is 0. The molecule has 4 heteroatoms. The summed E-state index contributed by atoms with van der Waals surface area (Å²) in [7, 11) is 0. The number of rotatable bonds is 5. The van der Waals surface area contributed by atoms with Crippen LogP contribution in [0, 0.1) is 5.92 Å². The monoisotopic (exact) mass is 224 g/mol. The zero-order valence-electron chi connectivity index (χ0n) is 9.95. The highest BCUT2D eigenvalue weighted by atomic mass is 16.2. The third-order valence-electron chi connectivity index (χ3n) is 2.65. The number of hydrogen-bond acceptors (Lipinski definition) is 2. The van der Waals surface area contributed by atoms with Gasteiger partial charge in [-0.15, -0.1) is 0 Å². The Balaban J connectivity index is 2.37. The third-order valence-corrected chi connectivity index (χ3v) is 2.65. The number of nitrogens with one attached hydrogen (secondary N) is 1. The second kappa shape index (κ2) is 5.14. The van der Waals surface area contributed by atoms with Crippen molar-refractivity contribution in [3.8, 4) is 0 Å². The summed E-state index contributed by atoms with van der Waals surface area (Å²) in [6.07, 6.45) is 6.96. The predicted molar refractivity (Wildman–Crippen MR) is 62.5 cm³/mol. The van der Waals surface area contributed by atoms with Crippen LogP contribution >= 0.6 is 0 Å². The minimum Gasteiger partial charge on any atom is -0.370 e. The standard InChI is InChI=1S/C12H20N2O2/c1-12(2,8-10(13)15)14-11(16)7-9-5-3-4-6-9/h3,5,9H,4,6-8H2,1-2H3,(H2,13,15)(H,14,16)/t9-/m1/s1. The quantitative estimate of drug-likeness (QED) is 0.687. The molecule has 0 aromatic carbocycles. The van der Waals surface area contributed by atoms with Crippen molar-refractivity contribution in [1.29, 1.82) is 0 Å². The first-order valence-corrected chi connectivity index (χ1v) is 5.65.